The Balaban J connectivity index is 1.98. The van der Waals surface area contributed by atoms with Crippen molar-refractivity contribution in [2.24, 2.45) is 0 Å². The first-order valence-electron chi connectivity index (χ1n) is 6.33. The lowest BCUT2D eigenvalue weighted by Gasteiger charge is -2.46. The van der Waals surface area contributed by atoms with Gasteiger partial charge >= 0.3 is 6.09 Å². The van der Waals surface area contributed by atoms with E-state index in [9.17, 15) is 9.90 Å². The second kappa shape index (κ2) is 4.49. The van der Waals surface area contributed by atoms with Crippen LogP contribution >= 0.6 is 0 Å². The summed E-state index contributed by atoms with van der Waals surface area (Å²) in [4.78, 5) is 17.4. The average molecular weight is 264 g/mol. The number of aliphatic hydroxyl groups is 1. The number of carbonyl (C=O) groups is 1. The lowest BCUT2D eigenvalue weighted by molar-refractivity contribution is -0.103. The van der Waals surface area contributed by atoms with Crippen LogP contribution in [0.25, 0.3) is 0 Å². The molecule has 0 spiro atoms. The van der Waals surface area contributed by atoms with Gasteiger partial charge in [-0.1, -0.05) is 6.07 Å². The minimum atomic E-state index is -1.00. The van der Waals surface area contributed by atoms with Crippen molar-refractivity contribution >= 4 is 6.09 Å². The number of amides is 1. The molecule has 1 aliphatic rings. The Labute approximate surface area is 113 Å². The molecule has 0 radical (unpaired) electrons. The van der Waals surface area contributed by atoms with E-state index in [0.29, 0.717) is 0 Å². The number of pyridine rings is 1. The summed E-state index contributed by atoms with van der Waals surface area (Å²) in [7, 11) is 0. The topological polar surface area (TPSA) is 62.7 Å². The standard InChI is InChI=1S/C14H20N2O3/c1-10-5-6-11(7-15-10)14(18)8-16(9-14)12(17)19-13(2,3)4/h5-7,18H,8-9H2,1-4H3. The number of aromatic nitrogens is 1. The van der Waals surface area contributed by atoms with Crippen LogP contribution in [0.5, 0.6) is 0 Å². The number of ether oxygens (including phenoxy) is 1. The summed E-state index contributed by atoms with van der Waals surface area (Å²) in [5.41, 5.74) is 0.113. The summed E-state index contributed by atoms with van der Waals surface area (Å²) < 4.78 is 5.25. The molecule has 0 atom stereocenters. The van der Waals surface area contributed by atoms with E-state index in [2.05, 4.69) is 4.98 Å². The van der Waals surface area contributed by atoms with Crippen LogP contribution in [0.4, 0.5) is 4.79 Å². The van der Waals surface area contributed by atoms with E-state index in [1.54, 1.807) is 6.20 Å². The summed E-state index contributed by atoms with van der Waals surface area (Å²) in [6.07, 6.45) is 1.26. The highest BCUT2D eigenvalue weighted by molar-refractivity contribution is 5.70. The third kappa shape index (κ3) is 3.04. The fraction of sp³-hybridized carbons (Fsp3) is 0.571. The molecule has 1 amide bonds. The average Bonchev–Trinajstić information content (AvgIpc) is 2.23. The van der Waals surface area contributed by atoms with Gasteiger partial charge in [0.1, 0.15) is 11.2 Å². The number of hydrogen-bond acceptors (Lipinski definition) is 4. The van der Waals surface area contributed by atoms with Crippen LogP contribution < -0.4 is 0 Å². The molecule has 0 unspecified atom stereocenters. The summed E-state index contributed by atoms with van der Waals surface area (Å²) in [5.74, 6) is 0. The quantitative estimate of drug-likeness (QED) is 0.840. The summed E-state index contributed by atoms with van der Waals surface area (Å²) in [6, 6.07) is 3.69. The van der Waals surface area contributed by atoms with Gasteiger partial charge in [-0.25, -0.2) is 4.79 Å². The van der Waals surface area contributed by atoms with Gasteiger partial charge < -0.3 is 14.7 Å². The Morgan fingerprint density at radius 3 is 2.53 bits per heavy atom. The molecule has 5 heteroatoms. The molecule has 1 N–H and O–H groups in total. The van der Waals surface area contributed by atoms with E-state index >= 15 is 0 Å². The maximum absolute atomic E-state index is 11.8. The Morgan fingerprint density at radius 2 is 2.05 bits per heavy atom. The maximum atomic E-state index is 11.8. The van der Waals surface area contributed by atoms with Crippen LogP contribution in [-0.2, 0) is 10.3 Å². The van der Waals surface area contributed by atoms with Crippen LogP contribution in [0.3, 0.4) is 0 Å². The van der Waals surface area contributed by atoms with Crippen molar-refractivity contribution < 1.29 is 14.6 Å². The van der Waals surface area contributed by atoms with E-state index in [4.69, 9.17) is 4.74 Å². The number of β-amino-alcohol motifs (C(OH)–C–C–N with tert-alkyl or cyclic N) is 1. The Hall–Kier alpha value is -1.62. The van der Waals surface area contributed by atoms with Crippen molar-refractivity contribution in [2.75, 3.05) is 13.1 Å². The first-order chi connectivity index (χ1) is 8.70. The van der Waals surface area contributed by atoms with Crippen LogP contribution in [0.2, 0.25) is 0 Å². The zero-order valence-corrected chi connectivity index (χ0v) is 11.8. The molecular weight excluding hydrogens is 244 g/mol. The van der Waals surface area contributed by atoms with Gasteiger partial charge in [0, 0.05) is 17.5 Å². The molecule has 5 nitrogen and oxygen atoms in total. The van der Waals surface area contributed by atoms with Gasteiger partial charge in [-0.15, -0.1) is 0 Å². The molecule has 2 heterocycles. The number of rotatable bonds is 1. The minimum absolute atomic E-state index is 0.243. The van der Waals surface area contributed by atoms with Crippen molar-refractivity contribution in [3.8, 4) is 0 Å². The van der Waals surface area contributed by atoms with Gasteiger partial charge in [0.25, 0.3) is 0 Å². The zero-order chi connectivity index (χ0) is 14.3. The Bertz CT molecular complexity index is 470. The van der Waals surface area contributed by atoms with Gasteiger partial charge in [-0.05, 0) is 33.8 Å². The van der Waals surface area contributed by atoms with E-state index in [0.717, 1.165) is 11.3 Å². The molecule has 1 aromatic rings. The molecular formula is C14H20N2O3. The fourth-order valence-corrected chi connectivity index (χ4v) is 1.97. The van der Waals surface area contributed by atoms with Crippen LogP contribution in [0.1, 0.15) is 32.0 Å². The molecule has 0 aromatic carbocycles. The Kier molecular flexibility index (Phi) is 3.26. The van der Waals surface area contributed by atoms with Crippen molar-refractivity contribution in [1.82, 2.24) is 9.88 Å². The third-order valence-corrected chi connectivity index (χ3v) is 3.01. The lowest BCUT2D eigenvalue weighted by atomic mass is 9.87. The molecule has 1 fully saturated rings. The SMILES string of the molecule is Cc1ccc(C2(O)CN(C(=O)OC(C)(C)C)C2)cn1. The highest BCUT2D eigenvalue weighted by Gasteiger charge is 2.46. The first kappa shape index (κ1) is 13.8. The van der Waals surface area contributed by atoms with E-state index in [1.165, 1.54) is 4.90 Å². The van der Waals surface area contributed by atoms with Crippen molar-refractivity contribution in [2.45, 2.75) is 38.9 Å². The van der Waals surface area contributed by atoms with Gasteiger partial charge in [0.15, 0.2) is 0 Å². The Morgan fingerprint density at radius 1 is 1.42 bits per heavy atom. The largest absolute Gasteiger partial charge is 0.444 e. The smallest absolute Gasteiger partial charge is 0.410 e. The second-order valence-electron chi connectivity index (χ2n) is 6.06. The summed E-state index contributed by atoms with van der Waals surface area (Å²) >= 11 is 0. The minimum Gasteiger partial charge on any atom is -0.444 e. The number of hydrogen-bond donors (Lipinski definition) is 1. The third-order valence-electron chi connectivity index (χ3n) is 3.01. The molecule has 0 saturated carbocycles. The van der Waals surface area contributed by atoms with E-state index < -0.39 is 17.3 Å². The van der Waals surface area contributed by atoms with Gasteiger partial charge in [-0.2, -0.15) is 0 Å². The van der Waals surface area contributed by atoms with Crippen LogP contribution in [0, 0.1) is 6.92 Å². The summed E-state index contributed by atoms with van der Waals surface area (Å²) in [5, 5.41) is 10.4. The molecule has 1 aliphatic heterocycles. The zero-order valence-electron chi connectivity index (χ0n) is 11.8. The molecule has 104 valence electrons. The molecule has 19 heavy (non-hydrogen) atoms. The van der Waals surface area contributed by atoms with Crippen molar-refractivity contribution in [3.05, 3.63) is 29.6 Å². The monoisotopic (exact) mass is 264 g/mol. The maximum Gasteiger partial charge on any atom is 0.410 e. The number of nitrogens with zero attached hydrogens (tertiary/aromatic N) is 2. The predicted octanol–water partition coefficient (Wildman–Crippen LogP) is 1.83. The van der Waals surface area contributed by atoms with Gasteiger partial charge in [0.05, 0.1) is 13.1 Å². The number of carbonyl (C=O) groups excluding carboxylic acids is 1. The van der Waals surface area contributed by atoms with E-state index in [-0.39, 0.29) is 13.1 Å². The summed E-state index contributed by atoms with van der Waals surface area (Å²) in [6.45, 7) is 7.84. The predicted molar refractivity (Wildman–Crippen MR) is 70.7 cm³/mol. The highest BCUT2D eigenvalue weighted by Crippen LogP contribution is 2.32. The van der Waals surface area contributed by atoms with Gasteiger partial charge in [0.2, 0.25) is 0 Å². The molecule has 1 saturated heterocycles. The number of aryl methyl sites for hydroxylation is 1. The second-order valence-corrected chi connectivity index (χ2v) is 6.06. The van der Waals surface area contributed by atoms with Crippen LogP contribution in [0.15, 0.2) is 18.3 Å². The van der Waals surface area contributed by atoms with Crippen molar-refractivity contribution in [3.63, 3.8) is 0 Å². The molecule has 0 aliphatic carbocycles. The lowest BCUT2D eigenvalue weighted by Crippen LogP contribution is -2.61. The highest BCUT2D eigenvalue weighted by atomic mass is 16.6. The van der Waals surface area contributed by atoms with E-state index in [1.807, 2.05) is 39.8 Å². The molecule has 1 aromatic heterocycles. The van der Waals surface area contributed by atoms with Gasteiger partial charge in [-0.3, -0.25) is 4.98 Å². The number of likely N-dealkylation sites (tertiary alicyclic amines) is 1. The van der Waals surface area contributed by atoms with Crippen molar-refractivity contribution in [1.29, 1.82) is 0 Å². The molecule has 2 rings (SSSR count). The first-order valence-corrected chi connectivity index (χ1v) is 6.33. The fourth-order valence-electron chi connectivity index (χ4n) is 1.97. The van der Waals surface area contributed by atoms with Crippen LogP contribution in [-0.4, -0.2) is 39.8 Å². The normalized spacial score (nSPS) is 17.8. The molecule has 0 bridgehead atoms.